The lowest BCUT2D eigenvalue weighted by atomic mass is 10.1. The van der Waals surface area contributed by atoms with Crippen LogP contribution in [-0.4, -0.2) is 68.3 Å². The third-order valence-corrected chi connectivity index (χ3v) is 4.77. The Balaban J connectivity index is 0.00000280. The molecule has 1 aromatic carbocycles. The number of H-pyrrole nitrogens is 1. The smallest absolute Gasteiger partial charge is 0.191 e. The van der Waals surface area contributed by atoms with Crippen LogP contribution in [0.2, 0.25) is 0 Å². The number of aromatic nitrogens is 1. The van der Waals surface area contributed by atoms with Crippen LogP contribution in [0.3, 0.4) is 0 Å². The van der Waals surface area contributed by atoms with E-state index in [4.69, 9.17) is 4.74 Å². The highest BCUT2D eigenvalue weighted by Gasteiger charge is 2.09. The largest absolute Gasteiger partial charge is 0.379 e. The molecule has 1 fully saturated rings. The van der Waals surface area contributed by atoms with Gasteiger partial charge in [-0.3, -0.25) is 9.89 Å². The van der Waals surface area contributed by atoms with Gasteiger partial charge in [0.1, 0.15) is 5.82 Å². The number of hydrogen-bond donors (Lipinski definition) is 3. The van der Waals surface area contributed by atoms with E-state index in [0.29, 0.717) is 0 Å². The summed E-state index contributed by atoms with van der Waals surface area (Å²) in [4.78, 5) is 10.2. The lowest BCUT2D eigenvalue weighted by Crippen LogP contribution is -2.39. The standard InChI is InChI=1S/C20H30FN5O.HI/c1-2-22-20(23-7-3-9-26-10-12-27-13-11-26)24-8-6-16-15-25-19-14-17(21)4-5-18(16)19;/h4-5,14-15,25H,2-3,6-13H2,1H3,(H2,22,23,24);1H. The molecule has 3 N–H and O–H groups in total. The number of aliphatic imine (C=N–C) groups is 1. The van der Waals surface area contributed by atoms with E-state index in [1.807, 2.05) is 12.3 Å². The molecular weight excluding hydrogens is 472 g/mol. The number of nitrogens with zero attached hydrogens (tertiary/aromatic N) is 2. The zero-order chi connectivity index (χ0) is 18.9. The molecule has 0 atom stereocenters. The fraction of sp³-hybridized carbons (Fsp3) is 0.550. The number of nitrogens with one attached hydrogen (secondary N) is 3. The maximum absolute atomic E-state index is 13.3. The van der Waals surface area contributed by atoms with E-state index < -0.39 is 0 Å². The molecule has 0 amide bonds. The van der Waals surface area contributed by atoms with Crippen molar-refractivity contribution in [2.45, 2.75) is 19.8 Å². The van der Waals surface area contributed by atoms with Crippen LogP contribution in [0.4, 0.5) is 4.39 Å². The second-order valence-electron chi connectivity index (χ2n) is 6.75. The highest BCUT2D eigenvalue weighted by Crippen LogP contribution is 2.19. The van der Waals surface area contributed by atoms with Gasteiger partial charge in [0.25, 0.3) is 0 Å². The van der Waals surface area contributed by atoms with Crippen LogP contribution in [0.15, 0.2) is 29.4 Å². The minimum Gasteiger partial charge on any atom is -0.379 e. The Morgan fingerprint density at radius 3 is 2.89 bits per heavy atom. The van der Waals surface area contributed by atoms with E-state index >= 15 is 0 Å². The van der Waals surface area contributed by atoms with Crippen LogP contribution in [0.25, 0.3) is 10.9 Å². The minimum atomic E-state index is -0.215. The Morgan fingerprint density at radius 2 is 2.11 bits per heavy atom. The molecule has 156 valence electrons. The molecule has 0 spiro atoms. The Kier molecular flexibility index (Phi) is 10.0. The van der Waals surface area contributed by atoms with Crippen molar-refractivity contribution in [2.24, 2.45) is 4.99 Å². The average Bonchev–Trinajstić information content (AvgIpc) is 3.08. The van der Waals surface area contributed by atoms with E-state index in [0.717, 1.165) is 82.2 Å². The van der Waals surface area contributed by atoms with Gasteiger partial charge in [-0.1, -0.05) is 0 Å². The molecule has 1 aliphatic heterocycles. The Hall–Kier alpha value is -1.39. The molecule has 2 heterocycles. The third-order valence-electron chi connectivity index (χ3n) is 4.77. The topological polar surface area (TPSA) is 64.7 Å². The van der Waals surface area contributed by atoms with Gasteiger partial charge in [0.15, 0.2) is 5.96 Å². The van der Waals surface area contributed by atoms with Crippen molar-refractivity contribution in [1.29, 1.82) is 0 Å². The summed E-state index contributed by atoms with van der Waals surface area (Å²) in [5.41, 5.74) is 2.02. The molecule has 1 aliphatic rings. The van der Waals surface area contributed by atoms with Crippen LogP contribution in [-0.2, 0) is 11.2 Å². The molecule has 0 radical (unpaired) electrons. The van der Waals surface area contributed by atoms with Gasteiger partial charge in [-0.15, -0.1) is 24.0 Å². The molecule has 8 heteroatoms. The SMILES string of the molecule is CCNC(=NCCCN1CCOCC1)NCCc1c[nH]c2cc(F)ccc12.I. The lowest BCUT2D eigenvalue weighted by molar-refractivity contribution is 0.0377. The Labute approximate surface area is 183 Å². The third kappa shape index (κ3) is 6.89. The van der Waals surface area contributed by atoms with Crippen molar-refractivity contribution in [3.8, 4) is 0 Å². The number of benzene rings is 1. The summed E-state index contributed by atoms with van der Waals surface area (Å²) in [5.74, 6) is 0.637. The second-order valence-corrected chi connectivity index (χ2v) is 6.75. The molecule has 1 aromatic heterocycles. The van der Waals surface area contributed by atoms with E-state index in [1.54, 1.807) is 0 Å². The Bertz CT molecular complexity index is 745. The quantitative estimate of drug-likeness (QED) is 0.225. The predicted molar refractivity (Wildman–Crippen MR) is 123 cm³/mol. The van der Waals surface area contributed by atoms with Gasteiger partial charge in [-0.25, -0.2) is 4.39 Å². The van der Waals surface area contributed by atoms with Gasteiger partial charge in [-0.2, -0.15) is 0 Å². The summed E-state index contributed by atoms with van der Waals surface area (Å²) in [5, 5.41) is 7.76. The predicted octanol–water partition coefficient (Wildman–Crippen LogP) is 2.74. The van der Waals surface area contributed by atoms with Crippen LogP contribution in [0.5, 0.6) is 0 Å². The molecule has 0 bridgehead atoms. The van der Waals surface area contributed by atoms with E-state index in [2.05, 4.69) is 32.4 Å². The molecule has 0 unspecified atom stereocenters. The summed E-state index contributed by atoms with van der Waals surface area (Å²) < 4.78 is 18.7. The number of ether oxygens (including phenoxy) is 1. The van der Waals surface area contributed by atoms with Crippen molar-refractivity contribution in [2.75, 3.05) is 52.5 Å². The zero-order valence-electron chi connectivity index (χ0n) is 16.5. The molecule has 1 saturated heterocycles. The number of guanidine groups is 1. The van der Waals surface area contributed by atoms with E-state index in [9.17, 15) is 4.39 Å². The summed E-state index contributed by atoms with van der Waals surface area (Å²) in [6, 6.07) is 4.88. The molecule has 2 aromatic rings. The number of hydrogen-bond acceptors (Lipinski definition) is 3. The molecule has 6 nitrogen and oxygen atoms in total. The average molecular weight is 503 g/mol. The number of halogens is 2. The van der Waals surface area contributed by atoms with Crippen molar-refractivity contribution in [3.05, 3.63) is 35.8 Å². The summed E-state index contributed by atoms with van der Waals surface area (Å²) in [6.07, 6.45) is 3.85. The van der Waals surface area contributed by atoms with Crippen molar-refractivity contribution >= 4 is 40.8 Å². The fourth-order valence-corrected chi connectivity index (χ4v) is 3.33. The van der Waals surface area contributed by atoms with Gasteiger partial charge in [0.2, 0.25) is 0 Å². The maximum atomic E-state index is 13.3. The molecule has 3 rings (SSSR count). The first-order valence-electron chi connectivity index (χ1n) is 9.84. The number of morpholine rings is 1. The van der Waals surface area contributed by atoms with E-state index in [1.165, 1.54) is 17.7 Å². The van der Waals surface area contributed by atoms with Crippen LogP contribution >= 0.6 is 24.0 Å². The minimum absolute atomic E-state index is 0. The fourth-order valence-electron chi connectivity index (χ4n) is 3.33. The van der Waals surface area contributed by atoms with Crippen LogP contribution in [0.1, 0.15) is 18.9 Å². The summed E-state index contributed by atoms with van der Waals surface area (Å²) in [7, 11) is 0. The summed E-state index contributed by atoms with van der Waals surface area (Å²) >= 11 is 0. The van der Waals surface area contributed by atoms with Crippen molar-refractivity contribution < 1.29 is 9.13 Å². The lowest BCUT2D eigenvalue weighted by Gasteiger charge is -2.26. The monoisotopic (exact) mass is 503 g/mol. The normalized spacial score (nSPS) is 15.4. The number of aromatic amines is 1. The van der Waals surface area contributed by atoms with E-state index in [-0.39, 0.29) is 29.8 Å². The number of fused-ring (bicyclic) bond motifs is 1. The highest BCUT2D eigenvalue weighted by molar-refractivity contribution is 14.0. The summed E-state index contributed by atoms with van der Waals surface area (Å²) in [6.45, 7) is 9.28. The molecular formula is C20H31FIN5O. The van der Waals surface area contributed by atoms with Gasteiger partial charge in [-0.05, 0) is 43.5 Å². The molecule has 0 aliphatic carbocycles. The molecule has 28 heavy (non-hydrogen) atoms. The first-order chi connectivity index (χ1) is 13.3. The van der Waals surface area contributed by atoms with Gasteiger partial charge < -0.3 is 20.4 Å². The maximum Gasteiger partial charge on any atom is 0.191 e. The van der Waals surface area contributed by atoms with Crippen LogP contribution in [0, 0.1) is 5.82 Å². The first kappa shape index (κ1) is 22.9. The van der Waals surface area contributed by atoms with Gasteiger partial charge in [0, 0.05) is 56.4 Å². The van der Waals surface area contributed by atoms with Gasteiger partial charge >= 0.3 is 0 Å². The molecule has 0 saturated carbocycles. The second kappa shape index (κ2) is 12.2. The van der Waals surface area contributed by atoms with Crippen LogP contribution < -0.4 is 10.6 Å². The first-order valence-corrected chi connectivity index (χ1v) is 9.84. The highest BCUT2D eigenvalue weighted by atomic mass is 127. The Morgan fingerprint density at radius 1 is 1.29 bits per heavy atom. The zero-order valence-corrected chi connectivity index (χ0v) is 18.8. The number of rotatable bonds is 8. The van der Waals surface area contributed by atoms with Crippen molar-refractivity contribution in [1.82, 2.24) is 20.5 Å². The van der Waals surface area contributed by atoms with Gasteiger partial charge in [0.05, 0.1) is 13.2 Å². The van der Waals surface area contributed by atoms with Crippen molar-refractivity contribution in [3.63, 3.8) is 0 Å².